The molecule has 5 N–H and O–H groups in total. The van der Waals surface area contributed by atoms with Crippen molar-refractivity contribution >= 4 is 28.2 Å². The van der Waals surface area contributed by atoms with Gasteiger partial charge in [0.1, 0.15) is 10.7 Å². The van der Waals surface area contributed by atoms with Crippen LogP contribution in [0.4, 0.5) is 10.9 Å². The van der Waals surface area contributed by atoms with Gasteiger partial charge < -0.3 is 26.4 Å². The summed E-state index contributed by atoms with van der Waals surface area (Å²) in [5, 5.41) is 3.50. The largest absolute Gasteiger partial charge is 0.383 e. The van der Waals surface area contributed by atoms with Crippen LogP contribution in [0.3, 0.4) is 0 Å². The molecule has 8 heteroatoms. The standard InChI is InChI=1S/C11H19N5O2S/c1-18-5-3-14-10(17)8-9(13)15-11(19-8)16-4-2-7(12)6-16/h7H,2-6,12-13H2,1H3,(H,14,17). The molecule has 2 rings (SSSR count). The van der Waals surface area contributed by atoms with Crippen molar-refractivity contribution < 1.29 is 9.53 Å². The molecule has 7 nitrogen and oxygen atoms in total. The monoisotopic (exact) mass is 285 g/mol. The molecule has 0 aliphatic carbocycles. The molecule has 1 aliphatic rings. The number of ether oxygens (including phenoxy) is 1. The third-order valence-electron chi connectivity index (χ3n) is 2.94. The number of nitrogen functional groups attached to an aromatic ring is 1. The number of rotatable bonds is 5. The van der Waals surface area contributed by atoms with Gasteiger partial charge in [-0.2, -0.15) is 0 Å². The van der Waals surface area contributed by atoms with E-state index in [1.165, 1.54) is 11.3 Å². The lowest BCUT2D eigenvalue weighted by atomic mass is 10.3. The summed E-state index contributed by atoms with van der Waals surface area (Å²) < 4.78 is 4.88. The van der Waals surface area contributed by atoms with Crippen molar-refractivity contribution in [3.63, 3.8) is 0 Å². The molecular formula is C11H19N5O2S. The molecule has 0 radical (unpaired) electrons. The number of carbonyl (C=O) groups is 1. The lowest BCUT2D eigenvalue weighted by Gasteiger charge is -2.12. The fourth-order valence-corrected chi connectivity index (χ4v) is 2.86. The van der Waals surface area contributed by atoms with E-state index >= 15 is 0 Å². The van der Waals surface area contributed by atoms with Gasteiger partial charge in [-0.3, -0.25) is 4.79 Å². The van der Waals surface area contributed by atoms with E-state index in [2.05, 4.69) is 15.2 Å². The lowest BCUT2D eigenvalue weighted by Crippen LogP contribution is -2.26. The normalized spacial score (nSPS) is 18.8. The highest BCUT2D eigenvalue weighted by Crippen LogP contribution is 2.29. The molecule has 1 aromatic heterocycles. The Bertz CT molecular complexity index is 450. The maximum Gasteiger partial charge on any atom is 0.265 e. The summed E-state index contributed by atoms with van der Waals surface area (Å²) in [5.74, 6) is 0.0668. The highest BCUT2D eigenvalue weighted by Gasteiger charge is 2.24. The van der Waals surface area contributed by atoms with Crippen molar-refractivity contribution in [1.82, 2.24) is 10.3 Å². The van der Waals surface area contributed by atoms with Crippen molar-refractivity contribution in [3.05, 3.63) is 4.88 Å². The smallest absolute Gasteiger partial charge is 0.265 e. The molecule has 1 atom stereocenters. The lowest BCUT2D eigenvalue weighted by molar-refractivity contribution is 0.0942. The second-order valence-electron chi connectivity index (χ2n) is 4.45. The molecule has 0 spiro atoms. The van der Waals surface area contributed by atoms with Gasteiger partial charge in [-0.25, -0.2) is 4.98 Å². The molecule has 0 saturated carbocycles. The molecule has 1 aliphatic heterocycles. The molecule has 0 aromatic carbocycles. The van der Waals surface area contributed by atoms with E-state index in [0.29, 0.717) is 18.0 Å². The van der Waals surface area contributed by atoms with Gasteiger partial charge in [-0.1, -0.05) is 11.3 Å². The van der Waals surface area contributed by atoms with Crippen LogP contribution in [0.2, 0.25) is 0 Å². The minimum Gasteiger partial charge on any atom is -0.383 e. The Labute approximate surface area is 115 Å². The van der Waals surface area contributed by atoms with Crippen LogP contribution in [0.1, 0.15) is 16.1 Å². The number of amides is 1. The van der Waals surface area contributed by atoms with Gasteiger partial charge >= 0.3 is 0 Å². The van der Waals surface area contributed by atoms with Crippen molar-refractivity contribution in [1.29, 1.82) is 0 Å². The Balaban J connectivity index is 2.02. The van der Waals surface area contributed by atoms with E-state index in [0.717, 1.165) is 24.6 Å². The minimum absolute atomic E-state index is 0.170. The summed E-state index contributed by atoms with van der Waals surface area (Å²) in [6.45, 7) is 2.55. The highest BCUT2D eigenvalue weighted by atomic mass is 32.1. The Morgan fingerprint density at radius 3 is 3.11 bits per heavy atom. The quantitative estimate of drug-likeness (QED) is 0.638. The molecule has 1 saturated heterocycles. The average molecular weight is 285 g/mol. The number of aromatic nitrogens is 1. The number of methoxy groups -OCH3 is 1. The van der Waals surface area contributed by atoms with Crippen LogP contribution in [0, 0.1) is 0 Å². The zero-order valence-electron chi connectivity index (χ0n) is 10.9. The molecule has 1 amide bonds. The second kappa shape index (κ2) is 6.18. The first-order valence-electron chi connectivity index (χ1n) is 6.15. The summed E-state index contributed by atoms with van der Waals surface area (Å²) in [6, 6.07) is 0.170. The Kier molecular flexibility index (Phi) is 4.56. The number of nitrogens with one attached hydrogen (secondary N) is 1. The first-order valence-corrected chi connectivity index (χ1v) is 6.97. The number of nitrogens with zero attached hydrogens (tertiary/aromatic N) is 2. The fraction of sp³-hybridized carbons (Fsp3) is 0.636. The van der Waals surface area contributed by atoms with E-state index in [-0.39, 0.29) is 17.8 Å². The molecule has 106 valence electrons. The van der Waals surface area contributed by atoms with Crippen LogP contribution in [-0.4, -0.2) is 50.3 Å². The van der Waals surface area contributed by atoms with Gasteiger partial charge in [0.05, 0.1) is 6.61 Å². The van der Waals surface area contributed by atoms with Crippen LogP contribution < -0.4 is 21.7 Å². The van der Waals surface area contributed by atoms with Crippen LogP contribution in [0.5, 0.6) is 0 Å². The van der Waals surface area contributed by atoms with Gasteiger partial charge in [-0.15, -0.1) is 0 Å². The second-order valence-corrected chi connectivity index (χ2v) is 5.43. The van der Waals surface area contributed by atoms with Gasteiger partial charge in [0.25, 0.3) is 5.91 Å². The molecule has 1 unspecified atom stereocenters. The van der Waals surface area contributed by atoms with E-state index in [9.17, 15) is 4.79 Å². The number of hydrogen-bond donors (Lipinski definition) is 3. The number of hydrogen-bond acceptors (Lipinski definition) is 7. The summed E-state index contributed by atoms with van der Waals surface area (Å²) in [6.07, 6.45) is 0.939. The predicted octanol–water partition coefficient (Wildman–Crippen LogP) is -0.361. The zero-order chi connectivity index (χ0) is 13.8. The third kappa shape index (κ3) is 3.34. The summed E-state index contributed by atoms with van der Waals surface area (Å²) in [5.41, 5.74) is 11.7. The zero-order valence-corrected chi connectivity index (χ0v) is 11.7. The van der Waals surface area contributed by atoms with E-state index in [4.69, 9.17) is 16.2 Å². The minimum atomic E-state index is -0.207. The van der Waals surface area contributed by atoms with Gasteiger partial charge in [-0.05, 0) is 6.42 Å². The molecule has 1 fully saturated rings. The fourth-order valence-electron chi connectivity index (χ4n) is 1.93. The SMILES string of the molecule is COCCNC(=O)c1sc(N2CCC(N)C2)nc1N. The number of anilines is 2. The third-order valence-corrected chi connectivity index (χ3v) is 4.07. The molecule has 19 heavy (non-hydrogen) atoms. The maximum atomic E-state index is 11.9. The molecule has 2 heterocycles. The van der Waals surface area contributed by atoms with Crippen LogP contribution in [0.25, 0.3) is 0 Å². The van der Waals surface area contributed by atoms with Gasteiger partial charge in [0.2, 0.25) is 0 Å². The number of nitrogens with two attached hydrogens (primary N) is 2. The molecule has 1 aromatic rings. The van der Waals surface area contributed by atoms with Crippen molar-refractivity contribution in [2.24, 2.45) is 5.73 Å². The highest BCUT2D eigenvalue weighted by molar-refractivity contribution is 7.18. The van der Waals surface area contributed by atoms with E-state index in [1.54, 1.807) is 7.11 Å². The van der Waals surface area contributed by atoms with Crippen LogP contribution >= 0.6 is 11.3 Å². The van der Waals surface area contributed by atoms with Crippen molar-refractivity contribution in [3.8, 4) is 0 Å². The summed E-state index contributed by atoms with van der Waals surface area (Å²) in [7, 11) is 1.59. The number of carbonyl (C=O) groups excluding carboxylic acids is 1. The average Bonchev–Trinajstić information content (AvgIpc) is 2.95. The van der Waals surface area contributed by atoms with E-state index in [1.807, 2.05) is 0 Å². The molecular weight excluding hydrogens is 266 g/mol. The maximum absolute atomic E-state index is 11.9. The summed E-state index contributed by atoms with van der Waals surface area (Å²) in [4.78, 5) is 18.7. The predicted molar refractivity (Wildman–Crippen MR) is 75.5 cm³/mol. The number of thiazole rings is 1. The summed E-state index contributed by atoms with van der Waals surface area (Å²) >= 11 is 1.31. The van der Waals surface area contributed by atoms with Crippen molar-refractivity contribution in [2.75, 3.05) is 44.0 Å². The van der Waals surface area contributed by atoms with Crippen LogP contribution in [-0.2, 0) is 4.74 Å². The van der Waals surface area contributed by atoms with Gasteiger partial charge in [0, 0.05) is 32.8 Å². The van der Waals surface area contributed by atoms with Crippen molar-refractivity contribution in [2.45, 2.75) is 12.5 Å². The van der Waals surface area contributed by atoms with Crippen LogP contribution in [0.15, 0.2) is 0 Å². The Hall–Kier alpha value is -1.38. The molecule has 0 bridgehead atoms. The van der Waals surface area contributed by atoms with Gasteiger partial charge in [0.15, 0.2) is 5.13 Å². The van der Waals surface area contributed by atoms with E-state index < -0.39 is 0 Å². The topological polar surface area (TPSA) is 106 Å². The first kappa shape index (κ1) is 14.0. The first-order chi connectivity index (χ1) is 9.11. The Morgan fingerprint density at radius 1 is 1.68 bits per heavy atom. The Morgan fingerprint density at radius 2 is 2.47 bits per heavy atom.